The van der Waals surface area contributed by atoms with Gasteiger partial charge in [0, 0.05) is 0 Å². The molecule has 0 aromatic heterocycles. The van der Waals surface area contributed by atoms with Crippen LogP contribution in [0.5, 0.6) is 0 Å². The highest BCUT2D eigenvalue weighted by Crippen LogP contribution is 1.84. The summed E-state index contributed by atoms with van der Waals surface area (Å²) in [5, 5.41) is 8.13. The van der Waals surface area contributed by atoms with E-state index in [1.54, 1.807) is 12.2 Å². The van der Waals surface area contributed by atoms with E-state index in [4.69, 9.17) is 10.8 Å². The molecule has 0 amide bonds. The van der Waals surface area contributed by atoms with Gasteiger partial charge in [-0.25, -0.2) is 0 Å². The average Bonchev–Trinajstić information content (AvgIpc) is 1.80. The second kappa shape index (κ2) is 5.31. The Balaban J connectivity index is 3.14. The first kappa shape index (κ1) is 8.17. The predicted molar refractivity (Wildman–Crippen MR) is 35.1 cm³/mol. The Bertz CT molecular complexity index is 110. The van der Waals surface area contributed by atoms with Gasteiger partial charge in [0.15, 0.2) is 0 Å². The summed E-state index contributed by atoms with van der Waals surface area (Å²) in [6, 6.07) is 0. The van der Waals surface area contributed by atoms with Gasteiger partial charge in [-0.05, 0) is 13.0 Å². The molecule has 0 rings (SSSR count). The minimum atomic E-state index is -0.803. The van der Waals surface area contributed by atoms with Crippen molar-refractivity contribution in [3.05, 3.63) is 12.2 Å². The Morgan fingerprint density at radius 1 is 1.56 bits per heavy atom. The van der Waals surface area contributed by atoms with E-state index in [-0.39, 0.29) is 6.42 Å². The van der Waals surface area contributed by atoms with Crippen molar-refractivity contribution in [2.24, 2.45) is 5.73 Å². The molecule has 0 bridgehead atoms. The summed E-state index contributed by atoms with van der Waals surface area (Å²) in [6.07, 6.45) is 4.23. The molecule has 0 unspecified atom stereocenters. The lowest BCUT2D eigenvalue weighted by molar-refractivity contribution is -0.136. The molecule has 0 spiro atoms. The molecule has 0 saturated carbocycles. The molecular weight excluding hydrogens is 118 g/mol. The topological polar surface area (TPSA) is 63.3 Å². The number of carboxylic acid groups (broad SMARTS) is 1. The lowest BCUT2D eigenvalue weighted by Crippen LogP contribution is -1.95. The lowest BCUT2D eigenvalue weighted by atomic mass is 10.3. The maximum absolute atomic E-state index is 9.88. The Morgan fingerprint density at radius 2 is 2.22 bits per heavy atom. The van der Waals surface area contributed by atoms with Crippen LogP contribution in [0.25, 0.3) is 0 Å². The third kappa shape index (κ3) is 7.17. The summed E-state index contributed by atoms with van der Waals surface area (Å²) in [7, 11) is 0. The van der Waals surface area contributed by atoms with Crippen LogP contribution in [0.1, 0.15) is 12.8 Å². The highest BCUT2D eigenvalue weighted by Gasteiger charge is 1.86. The van der Waals surface area contributed by atoms with E-state index in [9.17, 15) is 4.79 Å². The predicted octanol–water partition coefficient (Wildman–Crippen LogP) is 0.366. The summed E-state index contributed by atoms with van der Waals surface area (Å²) >= 11 is 0. The minimum absolute atomic E-state index is 0.0972. The molecule has 0 aromatic carbocycles. The summed E-state index contributed by atoms with van der Waals surface area (Å²) < 4.78 is 0. The van der Waals surface area contributed by atoms with Gasteiger partial charge in [0.05, 0.1) is 6.42 Å². The van der Waals surface area contributed by atoms with Crippen LogP contribution in [0.2, 0.25) is 0 Å². The first-order valence-corrected chi connectivity index (χ1v) is 2.84. The number of carboxylic acids is 1. The summed E-state index contributed by atoms with van der Waals surface area (Å²) in [6.45, 7) is 0.579. The molecule has 0 aliphatic rings. The molecular formula is C6H11NO2. The Kier molecular flexibility index (Phi) is 4.82. The molecule has 3 heteroatoms. The number of carbonyl (C=O) groups is 1. The zero-order valence-electron chi connectivity index (χ0n) is 5.21. The lowest BCUT2D eigenvalue weighted by Gasteiger charge is -1.83. The smallest absolute Gasteiger partial charge is 0.307 e. The van der Waals surface area contributed by atoms with E-state index < -0.39 is 5.97 Å². The molecule has 9 heavy (non-hydrogen) atoms. The molecule has 0 radical (unpaired) electrons. The van der Waals surface area contributed by atoms with Crippen molar-refractivity contribution in [3.8, 4) is 0 Å². The molecule has 0 atom stereocenters. The average molecular weight is 129 g/mol. The number of rotatable bonds is 4. The summed E-state index contributed by atoms with van der Waals surface area (Å²) in [5.74, 6) is -0.803. The van der Waals surface area contributed by atoms with Crippen molar-refractivity contribution < 1.29 is 9.90 Å². The van der Waals surface area contributed by atoms with E-state index in [0.717, 1.165) is 6.42 Å². The molecule has 0 aliphatic heterocycles. The minimum Gasteiger partial charge on any atom is -0.481 e. The molecule has 0 saturated heterocycles. The quantitative estimate of drug-likeness (QED) is 0.539. The highest BCUT2D eigenvalue weighted by molar-refractivity contribution is 5.68. The second-order valence-electron chi connectivity index (χ2n) is 1.65. The molecule has 0 aromatic rings. The molecule has 3 N–H and O–H groups in total. The molecule has 0 aliphatic carbocycles. The van der Waals surface area contributed by atoms with Crippen molar-refractivity contribution in [2.75, 3.05) is 6.54 Å². The van der Waals surface area contributed by atoms with E-state index in [2.05, 4.69) is 0 Å². The summed E-state index contributed by atoms with van der Waals surface area (Å²) in [5.41, 5.74) is 5.15. The van der Waals surface area contributed by atoms with Crippen LogP contribution in [0, 0.1) is 0 Å². The van der Waals surface area contributed by atoms with Gasteiger partial charge in [-0.1, -0.05) is 12.2 Å². The Labute approximate surface area is 54.2 Å². The van der Waals surface area contributed by atoms with Crippen LogP contribution in [0.4, 0.5) is 0 Å². The monoisotopic (exact) mass is 129 g/mol. The van der Waals surface area contributed by atoms with E-state index in [0.29, 0.717) is 6.54 Å². The second-order valence-corrected chi connectivity index (χ2v) is 1.65. The molecule has 0 fully saturated rings. The SMILES string of the molecule is NCCC=CCC(=O)O. The van der Waals surface area contributed by atoms with Gasteiger partial charge in [0.1, 0.15) is 0 Å². The van der Waals surface area contributed by atoms with Crippen LogP contribution in [-0.4, -0.2) is 17.6 Å². The van der Waals surface area contributed by atoms with E-state index >= 15 is 0 Å². The first-order chi connectivity index (χ1) is 4.27. The van der Waals surface area contributed by atoms with Crippen LogP contribution < -0.4 is 5.73 Å². The fourth-order valence-electron chi connectivity index (χ4n) is 0.398. The van der Waals surface area contributed by atoms with Gasteiger partial charge in [-0.3, -0.25) is 4.79 Å². The van der Waals surface area contributed by atoms with Crippen LogP contribution >= 0.6 is 0 Å². The van der Waals surface area contributed by atoms with Crippen molar-refractivity contribution in [3.63, 3.8) is 0 Å². The van der Waals surface area contributed by atoms with Crippen molar-refractivity contribution in [1.82, 2.24) is 0 Å². The van der Waals surface area contributed by atoms with E-state index in [1.165, 1.54) is 0 Å². The van der Waals surface area contributed by atoms with Gasteiger partial charge in [-0.2, -0.15) is 0 Å². The summed E-state index contributed by atoms with van der Waals surface area (Å²) in [4.78, 5) is 9.88. The van der Waals surface area contributed by atoms with Crippen LogP contribution in [0.15, 0.2) is 12.2 Å². The third-order valence-corrected chi connectivity index (χ3v) is 0.792. The van der Waals surface area contributed by atoms with E-state index in [1.807, 2.05) is 0 Å². The van der Waals surface area contributed by atoms with Gasteiger partial charge in [0.25, 0.3) is 0 Å². The van der Waals surface area contributed by atoms with Gasteiger partial charge >= 0.3 is 5.97 Å². The first-order valence-electron chi connectivity index (χ1n) is 2.84. The zero-order chi connectivity index (χ0) is 7.11. The fourth-order valence-corrected chi connectivity index (χ4v) is 0.398. The van der Waals surface area contributed by atoms with Crippen molar-refractivity contribution >= 4 is 5.97 Å². The third-order valence-electron chi connectivity index (χ3n) is 0.792. The number of hydrogen-bond donors (Lipinski definition) is 2. The van der Waals surface area contributed by atoms with Crippen molar-refractivity contribution in [1.29, 1.82) is 0 Å². The fraction of sp³-hybridized carbons (Fsp3) is 0.500. The Hall–Kier alpha value is -0.830. The standard InChI is InChI=1S/C6H11NO2/c7-5-3-1-2-4-6(8)9/h1-2H,3-5,7H2,(H,8,9). The maximum atomic E-state index is 9.88. The highest BCUT2D eigenvalue weighted by atomic mass is 16.4. The molecule has 52 valence electrons. The van der Waals surface area contributed by atoms with Gasteiger partial charge in [0.2, 0.25) is 0 Å². The number of aliphatic carboxylic acids is 1. The number of hydrogen-bond acceptors (Lipinski definition) is 2. The largest absolute Gasteiger partial charge is 0.481 e. The normalized spacial score (nSPS) is 10.3. The molecule has 0 heterocycles. The Morgan fingerprint density at radius 3 is 2.67 bits per heavy atom. The van der Waals surface area contributed by atoms with Gasteiger partial charge in [-0.15, -0.1) is 0 Å². The molecule has 3 nitrogen and oxygen atoms in total. The van der Waals surface area contributed by atoms with Crippen LogP contribution in [0.3, 0.4) is 0 Å². The maximum Gasteiger partial charge on any atom is 0.307 e. The number of nitrogens with two attached hydrogens (primary N) is 1. The van der Waals surface area contributed by atoms with Gasteiger partial charge < -0.3 is 10.8 Å². The van der Waals surface area contributed by atoms with Crippen molar-refractivity contribution in [2.45, 2.75) is 12.8 Å². The van der Waals surface area contributed by atoms with Crippen LogP contribution in [-0.2, 0) is 4.79 Å². The zero-order valence-corrected chi connectivity index (χ0v) is 5.21.